The Morgan fingerprint density at radius 1 is 1.30 bits per heavy atom. The van der Waals surface area contributed by atoms with E-state index in [4.69, 9.17) is 5.73 Å². The molecule has 2 heterocycles. The van der Waals surface area contributed by atoms with Crippen molar-refractivity contribution in [2.24, 2.45) is 5.73 Å². The summed E-state index contributed by atoms with van der Waals surface area (Å²) in [5.74, 6) is 0.516. The summed E-state index contributed by atoms with van der Waals surface area (Å²) in [4.78, 5) is 46.0. The summed E-state index contributed by atoms with van der Waals surface area (Å²) in [6.45, 7) is 5.70. The Labute approximate surface area is 186 Å². The number of para-hydroxylation sites is 1. The van der Waals surface area contributed by atoms with Gasteiger partial charge in [-0.05, 0) is 38.5 Å². The van der Waals surface area contributed by atoms with Crippen LogP contribution < -0.4 is 16.6 Å². The van der Waals surface area contributed by atoms with Gasteiger partial charge < -0.3 is 16.0 Å². The fourth-order valence-electron chi connectivity index (χ4n) is 2.73. The number of benzene rings is 1. The molecule has 3 aromatic rings. The van der Waals surface area contributed by atoms with Crippen LogP contribution in [-0.2, 0) is 15.3 Å². The van der Waals surface area contributed by atoms with Crippen LogP contribution in [0.5, 0.6) is 0 Å². The number of thiophene rings is 1. The lowest BCUT2D eigenvalue weighted by molar-refractivity contribution is -0.116. The van der Waals surface area contributed by atoms with Crippen molar-refractivity contribution >= 4 is 62.6 Å². The van der Waals surface area contributed by atoms with Gasteiger partial charge in [0.15, 0.2) is 0 Å². The SMILES string of the molecule is Cc1sc2nc(CSC(C)C(=O)Nc3ccccc3SCC(N)=O)[nH]c(=O)c2c1C. The molecular weight excluding hydrogens is 440 g/mol. The van der Waals surface area contributed by atoms with Crippen LogP contribution in [0.1, 0.15) is 23.2 Å². The monoisotopic (exact) mass is 462 g/mol. The van der Waals surface area contributed by atoms with Gasteiger partial charge in [-0.3, -0.25) is 14.4 Å². The minimum atomic E-state index is -0.417. The third-order valence-corrected chi connectivity index (χ3v) is 7.79. The number of rotatable bonds is 8. The molecule has 3 rings (SSSR count). The average molecular weight is 463 g/mol. The number of thioether (sulfide) groups is 2. The van der Waals surface area contributed by atoms with Crippen LogP contribution in [0, 0.1) is 13.8 Å². The molecule has 0 spiro atoms. The molecule has 2 aromatic heterocycles. The first-order valence-electron chi connectivity index (χ1n) is 9.17. The van der Waals surface area contributed by atoms with E-state index in [1.165, 1.54) is 34.9 Å². The normalized spacial score (nSPS) is 12.1. The predicted molar refractivity (Wildman–Crippen MR) is 125 cm³/mol. The van der Waals surface area contributed by atoms with Crippen LogP contribution in [-0.4, -0.2) is 32.8 Å². The Bertz CT molecular complexity index is 1160. The van der Waals surface area contributed by atoms with Crippen LogP contribution in [0.15, 0.2) is 34.0 Å². The van der Waals surface area contributed by atoms with Crippen LogP contribution in [0.25, 0.3) is 10.2 Å². The number of nitrogens with zero attached hydrogens (tertiary/aromatic N) is 1. The maximum absolute atomic E-state index is 12.6. The lowest BCUT2D eigenvalue weighted by Crippen LogP contribution is -2.23. The summed E-state index contributed by atoms with van der Waals surface area (Å²) in [5.41, 5.74) is 6.66. The third kappa shape index (κ3) is 5.24. The minimum absolute atomic E-state index is 0.139. The molecule has 2 amide bonds. The smallest absolute Gasteiger partial charge is 0.259 e. The third-order valence-electron chi connectivity index (χ3n) is 4.44. The molecule has 0 saturated carbocycles. The molecule has 4 N–H and O–H groups in total. The number of amides is 2. The van der Waals surface area contributed by atoms with Gasteiger partial charge in [0, 0.05) is 9.77 Å². The molecule has 1 aromatic carbocycles. The van der Waals surface area contributed by atoms with Crippen LogP contribution in [0.2, 0.25) is 0 Å². The Balaban J connectivity index is 1.65. The van der Waals surface area contributed by atoms with Gasteiger partial charge in [-0.25, -0.2) is 4.98 Å². The molecule has 0 radical (unpaired) electrons. The highest BCUT2D eigenvalue weighted by Crippen LogP contribution is 2.29. The zero-order chi connectivity index (χ0) is 21.8. The lowest BCUT2D eigenvalue weighted by atomic mass is 10.2. The average Bonchev–Trinajstić information content (AvgIpc) is 2.99. The molecule has 0 aliphatic heterocycles. The van der Waals surface area contributed by atoms with Gasteiger partial charge >= 0.3 is 0 Å². The molecule has 30 heavy (non-hydrogen) atoms. The number of H-pyrrole nitrogens is 1. The number of aryl methyl sites for hydroxylation is 2. The van der Waals surface area contributed by atoms with Gasteiger partial charge in [-0.2, -0.15) is 0 Å². The largest absolute Gasteiger partial charge is 0.369 e. The Kier molecular flexibility index (Phi) is 7.22. The number of nitrogens with two attached hydrogens (primary N) is 1. The fraction of sp³-hybridized carbons (Fsp3) is 0.300. The molecule has 0 fully saturated rings. The number of aromatic amines is 1. The van der Waals surface area contributed by atoms with E-state index in [0.717, 1.165) is 20.2 Å². The van der Waals surface area contributed by atoms with Gasteiger partial charge in [-0.1, -0.05) is 12.1 Å². The van der Waals surface area contributed by atoms with Gasteiger partial charge in [0.1, 0.15) is 10.7 Å². The molecule has 0 saturated heterocycles. The number of carbonyl (C=O) groups is 2. The van der Waals surface area contributed by atoms with E-state index in [-0.39, 0.29) is 22.5 Å². The number of nitrogens with one attached hydrogen (secondary N) is 2. The molecular formula is C20H22N4O3S3. The van der Waals surface area contributed by atoms with Crippen molar-refractivity contribution in [1.82, 2.24) is 9.97 Å². The standard InChI is InChI=1S/C20H22N4O3S3/c1-10-11(2)30-20-17(10)19(27)23-16(24-20)9-28-12(3)18(26)22-13-6-4-5-7-14(13)29-8-15(21)25/h4-7,12H,8-9H2,1-3H3,(H2,21,25)(H,22,26)(H,23,24,27). The number of hydrogen-bond donors (Lipinski definition) is 3. The van der Waals surface area contributed by atoms with Crippen molar-refractivity contribution < 1.29 is 9.59 Å². The number of fused-ring (bicyclic) bond motifs is 1. The Morgan fingerprint density at radius 2 is 2.03 bits per heavy atom. The van der Waals surface area contributed by atoms with E-state index in [2.05, 4.69) is 15.3 Å². The minimum Gasteiger partial charge on any atom is -0.369 e. The van der Waals surface area contributed by atoms with Crippen molar-refractivity contribution in [2.45, 2.75) is 36.7 Å². The van der Waals surface area contributed by atoms with Gasteiger partial charge in [-0.15, -0.1) is 34.9 Å². The highest BCUT2D eigenvalue weighted by Gasteiger charge is 2.17. The number of carbonyl (C=O) groups excluding carboxylic acids is 2. The lowest BCUT2D eigenvalue weighted by Gasteiger charge is -2.14. The molecule has 0 aliphatic rings. The number of aromatic nitrogens is 2. The molecule has 0 bridgehead atoms. The van der Waals surface area contributed by atoms with Crippen LogP contribution >= 0.6 is 34.9 Å². The van der Waals surface area contributed by atoms with E-state index in [1.807, 2.05) is 32.0 Å². The van der Waals surface area contributed by atoms with Crippen molar-refractivity contribution in [1.29, 1.82) is 0 Å². The summed E-state index contributed by atoms with van der Waals surface area (Å²) in [6.07, 6.45) is 0. The number of anilines is 1. The highest BCUT2D eigenvalue weighted by atomic mass is 32.2. The van der Waals surface area contributed by atoms with Crippen LogP contribution in [0.4, 0.5) is 5.69 Å². The number of primary amides is 1. The maximum Gasteiger partial charge on any atom is 0.259 e. The van der Waals surface area contributed by atoms with Gasteiger partial charge in [0.05, 0.1) is 27.8 Å². The highest BCUT2D eigenvalue weighted by molar-refractivity contribution is 8.00. The van der Waals surface area contributed by atoms with E-state index < -0.39 is 5.91 Å². The van der Waals surface area contributed by atoms with Crippen molar-refractivity contribution in [3.63, 3.8) is 0 Å². The second-order valence-electron chi connectivity index (χ2n) is 6.67. The van der Waals surface area contributed by atoms with E-state index >= 15 is 0 Å². The summed E-state index contributed by atoms with van der Waals surface area (Å²) >= 11 is 4.17. The summed E-state index contributed by atoms with van der Waals surface area (Å²) in [7, 11) is 0. The molecule has 1 atom stereocenters. The maximum atomic E-state index is 12.6. The van der Waals surface area contributed by atoms with Crippen molar-refractivity contribution in [2.75, 3.05) is 11.1 Å². The van der Waals surface area contributed by atoms with Gasteiger partial charge in [0.25, 0.3) is 5.56 Å². The van der Waals surface area contributed by atoms with Crippen LogP contribution in [0.3, 0.4) is 0 Å². The zero-order valence-corrected chi connectivity index (χ0v) is 19.2. The molecule has 0 aliphatic carbocycles. The molecule has 10 heteroatoms. The molecule has 1 unspecified atom stereocenters. The van der Waals surface area contributed by atoms with Crippen molar-refractivity contribution in [3.8, 4) is 0 Å². The quantitative estimate of drug-likeness (QED) is 0.441. The van der Waals surface area contributed by atoms with E-state index in [9.17, 15) is 14.4 Å². The Hall–Kier alpha value is -2.30. The molecule has 7 nitrogen and oxygen atoms in total. The predicted octanol–water partition coefficient (Wildman–Crippen LogP) is 3.44. The second kappa shape index (κ2) is 9.67. The summed E-state index contributed by atoms with van der Waals surface area (Å²) in [5, 5.41) is 3.17. The molecule has 158 valence electrons. The summed E-state index contributed by atoms with van der Waals surface area (Å²) < 4.78 is 0. The van der Waals surface area contributed by atoms with Gasteiger partial charge in [0.2, 0.25) is 11.8 Å². The fourth-order valence-corrected chi connectivity index (χ4v) is 5.28. The Morgan fingerprint density at radius 3 is 2.77 bits per heavy atom. The number of hydrogen-bond acceptors (Lipinski definition) is 7. The summed E-state index contributed by atoms with van der Waals surface area (Å²) in [6, 6.07) is 7.27. The van der Waals surface area contributed by atoms with E-state index in [0.29, 0.717) is 22.7 Å². The van der Waals surface area contributed by atoms with E-state index in [1.54, 1.807) is 13.0 Å². The second-order valence-corrected chi connectivity index (χ2v) is 10.2. The zero-order valence-electron chi connectivity index (χ0n) is 16.8. The van der Waals surface area contributed by atoms with Crippen molar-refractivity contribution in [3.05, 3.63) is 50.9 Å². The first-order chi connectivity index (χ1) is 14.3. The first kappa shape index (κ1) is 22.4. The topological polar surface area (TPSA) is 118 Å². The first-order valence-corrected chi connectivity index (χ1v) is 12.0.